The molecule has 0 aliphatic heterocycles. The van der Waals surface area contributed by atoms with Crippen molar-refractivity contribution in [3.05, 3.63) is 33.9 Å². The zero-order chi connectivity index (χ0) is 12.3. The zero-order valence-electron chi connectivity index (χ0n) is 9.27. The summed E-state index contributed by atoms with van der Waals surface area (Å²) < 4.78 is 0. The van der Waals surface area contributed by atoms with Gasteiger partial charge in [0.1, 0.15) is 11.1 Å². The van der Waals surface area contributed by atoms with E-state index in [2.05, 4.69) is 15.3 Å². The number of aryl methyl sites for hydroxylation is 1. The van der Waals surface area contributed by atoms with Gasteiger partial charge < -0.3 is 11.1 Å². The van der Waals surface area contributed by atoms with Crippen LogP contribution in [0, 0.1) is 18.3 Å². The third-order valence-corrected chi connectivity index (χ3v) is 3.10. The van der Waals surface area contributed by atoms with Crippen molar-refractivity contribution in [1.29, 1.82) is 5.26 Å². The first kappa shape index (κ1) is 11.4. The van der Waals surface area contributed by atoms with Crippen molar-refractivity contribution < 1.29 is 0 Å². The van der Waals surface area contributed by atoms with E-state index in [1.807, 2.05) is 19.2 Å². The van der Waals surface area contributed by atoms with Crippen molar-refractivity contribution in [2.24, 2.45) is 0 Å². The Balaban J connectivity index is 2.12. The number of pyridine rings is 1. The second-order valence-electron chi connectivity index (χ2n) is 3.45. The van der Waals surface area contributed by atoms with Crippen LogP contribution in [0.4, 0.5) is 11.5 Å². The van der Waals surface area contributed by atoms with Gasteiger partial charge in [-0.25, -0.2) is 9.97 Å². The molecule has 0 saturated heterocycles. The number of nitrogens with one attached hydrogen (secondary N) is 1. The summed E-state index contributed by atoms with van der Waals surface area (Å²) >= 11 is 1.62. The molecule has 2 aromatic heterocycles. The summed E-state index contributed by atoms with van der Waals surface area (Å²) in [6.45, 7) is 2.56. The van der Waals surface area contributed by atoms with Gasteiger partial charge in [0.15, 0.2) is 5.82 Å². The van der Waals surface area contributed by atoms with E-state index in [9.17, 15) is 0 Å². The normalized spacial score (nSPS) is 9.88. The van der Waals surface area contributed by atoms with E-state index >= 15 is 0 Å². The minimum atomic E-state index is 0.378. The second kappa shape index (κ2) is 4.80. The van der Waals surface area contributed by atoms with Crippen LogP contribution < -0.4 is 11.1 Å². The molecule has 86 valence electrons. The Hall–Kier alpha value is -2.13. The van der Waals surface area contributed by atoms with E-state index < -0.39 is 0 Å². The quantitative estimate of drug-likeness (QED) is 0.862. The highest BCUT2D eigenvalue weighted by molar-refractivity contribution is 7.11. The van der Waals surface area contributed by atoms with E-state index in [1.165, 1.54) is 0 Å². The highest BCUT2D eigenvalue weighted by Crippen LogP contribution is 2.20. The predicted octanol–water partition coefficient (Wildman–Crippen LogP) is 1.91. The molecule has 0 aromatic carbocycles. The van der Waals surface area contributed by atoms with Crippen LogP contribution >= 0.6 is 11.3 Å². The van der Waals surface area contributed by atoms with Crippen molar-refractivity contribution in [3.63, 3.8) is 0 Å². The van der Waals surface area contributed by atoms with Crippen molar-refractivity contribution in [1.82, 2.24) is 9.97 Å². The van der Waals surface area contributed by atoms with Gasteiger partial charge in [0.25, 0.3) is 0 Å². The largest absolute Gasteiger partial charge is 0.395 e. The molecule has 3 N–H and O–H groups in total. The molecule has 0 fully saturated rings. The lowest BCUT2D eigenvalue weighted by atomic mass is 10.2. The molecule has 0 unspecified atom stereocenters. The summed E-state index contributed by atoms with van der Waals surface area (Å²) in [6.07, 6.45) is 3.38. The molecule has 17 heavy (non-hydrogen) atoms. The lowest BCUT2D eigenvalue weighted by Gasteiger charge is -2.07. The van der Waals surface area contributed by atoms with Crippen LogP contribution in [-0.4, -0.2) is 9.97 Å². The molecular weight excluding hydrogens is 234 g/mol. The number of nitrogen functional groups attached to an aromatic ring is 1. The molecule has 0 atom stereocenters. The molecule has 0 aliphatic carbocycles. The first-order valence-electron chi connectivity index (χ1n) is 5.00. The Bertz CT molecular complexity index is 569. The standard InChI is InChI=1S/C11H11N5S/c1-7-5-15-9(17-7)6-16-11-10(13)8(4-12)2-3-14-11/h2-3,5H,6,13H2,1H3,(H,14,16). The lowest BCUT2D eigenvalue weighted by Crippen LogP contribution is -2.05. The molecule has 6 heteroatoms. The Morgan fingerprint density at radius 1 is 1.53 bits per heavy atom. The maximum atomic E-state index is 8.84. The number of rotatable bonds is 3. The number of anilines is 2. The van der Waals surface area contributed by atoms with Gasteiger partial charge in [-0.15, -0.1) is 11.3 Å². The van der Waals surface area contributed by atoms with Crippen LogP contribution in [0.2, 0.25) is 0 Å². The number of nitriles is 1. The predicted molar refractivity (Wildman–Crippen MR) is 67.5 cm³/mol. The van der Waals surface area contributed by atoms with E-state index in [0.717, 1.165) is 9.88 Å². The average molecular weight is 245 g/mol. The van der Waals surface area contributed by atoms with Gasteiger partial charge in [-0.2, -0.15) is 5.26 Å². The monoisotopic (exact) mass is 245 g/mol. The van der Waals surface area contributed by atoms with Gasteiger partial charge in [0.2, 0.25) is 0 Å². The van der Waals surface area contributed by atoms with E-state index in [4.69, 9.17) is 11.0 Å². The zero-order valence-corrected chi connectivity index (χ0v) is 10.1. The summed E-state index contributed by atoms with van der Waals surface area (Å²) in [5.74, 6) is 0.525. The van der Waals surface area contributed by atoms with Crippen LogP contribution in [0.5, 0.6) is 0 Å². The molecule has 0 spiro atoms. The average Bonchev–Trinajstić information content (AvgIpc) is 2.74. The molecule has 2 aromatic rings. The van der Waals surface area contributed by atoms with Gasteiger partial charge >= 0.3 is 0 Å². The molecule has 0 amide bonds. The van der Waals surface area contributed by atoms with Gasteiger partial charge in [0.05, 0.1) is 17.8 Å². The summed E-state index contributed by atoms with van der Waals surface area (Å²) in [4.78, 5) is 9.48. The maximum Gasteiger partial charge on any atom is 0.150 e. The fraction of sp³-hybridized carbons (Fsp3) is 0.182. The fourth-order valence-corrected chi connectivity index (χ4v) is 2.08. The fourth-order valence-electron chi connectivity index (χ4n) is 1.35. The Morgan fingerprint density at radius 3 is 3.00 bits per heavy atom. The number of nitrogens with zero attached hydrogens (tertiary/aromatic N) is 3. The topological polar surface area (TPSA) is 87.6 Å². The van der Waals surface area contributed by atoms with Crippen molar-refractivity contribution in [2.45, 2.75) is 13.5 Å². The molecule has 0 radical (unpaired) electrons. The Labute approximate surface area is 103 Å². The molecule has 0 aliphatic rings. The van der Waals surface area contributed by atoms with Crippen LogP contribution in [0.1, 0.15) is 15.4 Å². The van der Waals surface area contributed by atoms with Gasteiger partial charge in [-0.3, -0.25) is 0 Å². The number of thiazole rings is 1. The molecule has 5 nitrogen and oxygen atoms in total. The van der Waals surface area contributed by atoms with Crippen molar-refractivity contribution in [2.75, 3.05) is 11.1 Å². The lowest BCUT2D eigenvalue weighted by molar-refractivity contribution is 1.08. The minimum Gasteiger partial charge on any atom is -0.395 e. The SMILES string of the molecule is Cc1cnc(CNc2nccc(C#N)c2N)s1. The van der Waals surface area contributed by atoms with Gasteiger partial charge in [-0.05, 0) is 13.0 Å². The summed E-state index contributed by atoms with van der Waals surface area (Å²) in [5.41, 5.74) is 6.61. The van der Waals surface area contributed by atoms with Crippen LogP contribution in [0.25, 0.3) is 0 Å². The number of hydrogen-bond acceptors (Lipinski definition) is 6. The number of nitrogens with two attached hydrogens (primary N) is 1. The summed E-state index contributed by atoms with van der Waals surface area (Å²) in [5, 5.41) is 12.9. The Morgan fingerprint density at radius 2 is 2.35 bits per heavy atom. The van der Waals surface area contributed by atoms with E-state index in [0.29, 0.717) is 23.6 Å². The Kier molecular flexibility index (Phi) is 3.21. The van der Waals surface area contributed by atoms with Crippen molar-refractivity contribution in [3.8, 4) is 6.07 Å². The highest BCUT2D eigenvalue weighted by atomic mass is 32.1. The van der Waals surface area contributed by atoms with Crippen molar-refractivity contribution >= 4 is 22.8 Å². The van der Waals surface area contributed by atoms with Gasteiger partial charge in [0, 0.05) is 17.3 Å². The summed E-state index contributed by atoms with van der Waals surface area (Å²) in [7, 11) is 0. The third-order valence-electron chi connectivity index (χ3n) is 2.19. The van der Waals surface area contributed by atoms with Crippen LogP contribution in [0.15, 0.2) is 18.5 Å². The smallest absolute Gasteiger partial charge is 0.150 e. The molecule has 2 rings (SSSR count). The molecule has 0 bridgehead atoms. The third kappa shape index (κ3) is 2.52. The minimum absolute atomic E-state index is 0.378. The maximum absolute atomic E-state index is 8.84. The second-order valence-corrected chi connectivity index (χ2v) is 4.77. The first-order chi connectivity index (χ1) is 8.20. The number of aromatic nitrogens is 2. The summed E-state index contributed by atoms with van der Waals surface area (Å²) in [6, 6.07) is 3.61. The molecule has 2 heterocycles. The first-order valence-corrected chi connectivity index (χ1v) is 5.82. The van der Waals surface area contributed by atoms with E-state index in [-0.39, 0.29) is 0 Å². The van der Waals surface area contributed by atoms with E-state index in [1.54, 1.807) is 23.6 Å². The molecular formula is C11H11N5S. The number of hydrogen-bond donors (Lipinski definition) is 2. The van der Waals surface area contributed by atoms with Crippen LogP contribution in [0.3, 0.4) is 0 Å². The highest BCUT2D eigenvalue weighted by Gasteiger charge is 2.06. The van der Waals surface area contributed by atoms with Crippen LogP contribution in [-0.2, 0) is 6.54 Å². The molecule has 0 saturated carbocycles. The van der Waals surface area contributed by atoms with Gasteiger partial charge in [-0.1, -0.05) is 0 Å².